The molecule has 0 saturated carbocycles. The van der Waals surface area contributed by atoms with Crippen molar-refractivity contribution in [3.8, 4) is 0 Å². The van der Waals surface area contributed by atoms with Crippen molar-refractivity contribution in [1.29, 1.82) is 0 Å². The van der Waals surface area contributed by atoms with E-state index in [9.17, 15) is 26.0 Å². The first-order valence-electron chi connectivity index (χ1n) is 3.71. The number of nitrogens with two attached hydrogens (primary N) is 1. The fourth-order valence-corrected chi connectivity index (χ4v) is 1.16. The predicted molar refractivity (Wildman–Crippen MR) is 44.2 cm³/mol. The molecule has 0 aliphatic heterocycles. The summed E-state index contributed by atoms with van der Waals surface area (Å²) in [5.74, 6) is -7.43. The molecular formula is C7H5F4NO3S. The summed E-state index contributed by atoms with van der Waals surface area (Å²) in [5, 5.41) is 4.41. The lowest BCUT2D eigenvalue weighted by atomic mass is 10.2. The molecule has 0 heterocycles. The van der Waals surface area contributed by atoms with Crippen LogP contribution in [0.1, 0.15) is 5.56 Å². The van der Waals surface area contributed by atoms with Gasteiger partial charge in [0.1, 0.15) is 0 Å². The highest BCUT2D eigenvalue weighted by Gasteiger charge is 2.19. The minimum absolute atomic E-state index is 0.277. The second-order valence-corrected chi connectivity index (χ2v) is 3.94. The summed E-state index contributed by atoms with van der Waals surface area (Å²) in [4.78, 5) is 0. The predicted octanol–water partition coefficient (Wildman–Crippen LogP) is 0.963. The van der Waals surface area contributed by atoms with E-state index in [0.29, 0.717) is 0 Å². The highest BCUT2D eigenvalue weighted by atomic mass is 32.2. The van der Waals surface area contributed by atoms with Crippen LogP contribution in [0.15, 0.2) is 6.07 Å². The Kier molecular flexibility index (Phi) is 3.51. The molecule has 0 unspecified atom stereocenters. The maximum absolute atomic E-state index is 12.9. The fraction of sp³-hybridized carbons (Fsp3) is 0.143. The summed E-state index contributed by atoms with van der Waals surface area (Å²) in [7, 11) is -4.38. The zero-order chi connectivity index (χ0) is 12.5. The molecule has 0 aliphatic carbocycles. The van der Waals surface area contributed by atoms with E-state index in [1.165, 1.54) is 0 Å². The Hall–Kier alpha value is -1.19. The van der Waals surface area contributed by atoms with Crippen LogP contribution in [-0.4, -0.2) is 8.42 Å². The average Bonchev–Trinajstić information content (AvgIpc) is 2.17. The van der Waals surface area contributed by atoms with Gasteiger partial charge in [0.05, 0.1) is 6.61 Å². The SMILES string of the molecule is NS(=O)(=O)OCc1cc(F)c(F)c(F)c1F. The van der Waals surface area contributed by atoms with Gasteiger partial charge < -0.3 is 0 Å². The van der Waals surface area contributed by atoms with E-state index in [2.05, 4.69) is 9.32 Å². The third-order valence-corrected chi connectivity index (χ3v) is 2.00. The molecule has 1 aromatic carbocycles. The molecule has 0 bridgehead atoms. The molecule has 0 spiro atoms. The third kappa shape index (κ3) is 2.90. The first-order chi connectivity index (χ1) is 7.22. The number of rotatable bonds is 3. The minimum atomic E-state index is -4.38. The number of halogens is 4. The Morgan fingerprint density at radius 3 is 2.19 bits per heavy atom. The molecule has 0 atom stereocenters. The summed E-state index contributed by atoms with van der Waals surface area (Å²) < 4.78 is 75.2. The van der Waals surface area contributed by atoms with Crippen molar-refractivity contribution in [3.63, 3.8) is 0 Å². The van der Waals surface area contributed by atoms with Gasteiger partial charge in [0.15, 0.2) is 23.3 Å². The molecule has 2 N–H and O–H groups in total. The van der Waals surface area contributed by atoms with E-state index < -0.39 is 45.7 Å². The molecule has 0 fully saturated rings. The average molecular weight is 259 g/mol. The van der Waals surface area contributed by atoms with Crippen LogP contribution in [0.25, 0.3) is 0 Å². The Morgan fingerprint density at radius 2 is 1.69 bits per heavy atom. The van der Waals surface area contributed by atoms with Crippen LogP contribution in [0.4, 0.5) is 17.6 Å². The van der Waals surface area contributed by atoms with Gasteiger partial charge in [-0.2, -0.15) is 8.42 Å². The van der Waals surface area contributed by atoms with Gasteiger partial charge in [-0.25, -0.2) is 22.7 Å². The lowest BCUT2D eigenvalue weighted by molar-refractivity contribution is 0.296. The van der Waals surface area contributed by atoms with Crippen molar-refractivity contribution >= 4 is 10.3 Å². The van der Waals surface area contributed by atoms with Crippen LogP contribution >= 0.6 is 0 Å². The third-order valence-electron chi connectivity index (χ3n) is 1.56. The van der Waals surface area contributed by atoms with Crippen LogP contribution < -0.4 is 5.14 Å². The molecular weight excluding hydrogens is 254 g/mol. The van der Waals surface area contributed by atoms with Gasteiger partial charge >= 0.3 is 10.3 Å². The summed E-state index contributed by atoms with van der Waals surface area (Å²) in [6.07, 6.45) is 0. The zero-order valence-corrected chi connectivity index (χ0v) is 8.32. The lowest BCUT2D eigenvalue weighted by Crippen LogP contribution is -2.16. The van der Waals surface area contributed by atoms with Crippen LogP contribution in [-0.2, 0) is 21.1 Å². The normalized spacial score (nSPS) is 11.8. The van der Waals surface area contributed by atoms with E-state index >= 15 is 0 Å². The van der Waals surface area contributed by atoms with Crippen LogP contribution in [0.3, 0.4) is 0 Å². The first kappa shape index (κ1) is 12.9. The number of hydrogen-bond donors (Lipinski definition) is 1. The van der Waals surface area contributed by atoms with Crippen LogP contribution in [0.2, 0.25) is 0 Å². The maximum atomic E-state index is 12.9. The molecule has 4 nitrogen and oxygen atoms in total. The van der Waals surface area contributed by atoms with Crippen LogP contribution in [0, 0.1) is 23.3 Å². The topological polar surface area (TPSA) is 69.4 Å². The molecule has 0 radical (unpaired) electrons. The number of hydrogen-bond acceptors (Lipinski definition) is 3. The van der Waals surface area contributed by atoms with E-state index in [1.54, 1.807) is 0 Å². The minimum Gasteiger partial charge on any atom is -0.253 e. The van der Waals surface area contributed by atoms with Crippen molar-refractivity contribution in [2.24, 2.45) is 5.14 Å². The van der Waals surface area contributed by atoms with Crippen molar-refractivity contribution in [2.45, 2.75) is 6.61 Å². The molecule has 1 rings (SSSR count). The monoisotopic (exact) mass is 259 g/mol. The van der Waals surface area contributed by atoms with Gasteiger partial charge in [0.2, 0.25) is 0 Å². The van der Waals surface area contributed by atoms with Gasteiger partial charge in [-0.1, -0.05) is 0 Å². The summed E-state index contributed by atoms with van der Waals surface area (Å²) >= 11 is 0. The Morgan fingerprint density at radius 1 is 1.12 bits per heavy atom. The number of benzene rings is 1. The molecule has 90 valence electrons. The van der Waals surface area contributed by atoms with Crippen molar-refractivity contribution in [1.82, 2.24) is 0 Å². The van der Waals surface area contributed by atoms with Gasteiger partial charge in [-0.05, 0) is 6.07 Å². The lowest BCUT2D eigenvalue weighted by Gasteiger charge is -2.05. The standard InChI is InChI=1S/C7H5F4NO3S/c8-4-1-3(2-15-16(12,13)14)5(9)7(11)6(4)10/h1H,2H2,(H2,12,13,14). The molecule has 0 amide bonds. The summed E-state index contributed by atoms with van der Waals surface area (Å²) in [6, 6.07) is 0.277. The Balaban J connectivity index is 3.07. The zero-order valence-electron chi connectivity index (χ0n) is 7.51. The molecule has 0 aromatic heterocycles. The Bertz CT molecular complexity index is 517. The highest BCUT2D eigenvalue weighted by molar-refractivity contribution is 7.84. The quantitative estimate of drug-likeness (QED) is 0.499. The van der Waals surface area contributed by atoms with E-state index in [0.717, 1.165) is 0 Å². The van der Waals surface area contributed by atoms with E-state index in [1.807, 2.05) is 0 Å². The first-order valence-corrected chi connectivity index (χ1v) is 5.18. The van der Waals surface area contributed by atoms with E-state index in [4.69, 9.17) is 0 Å². The van der Waals surface area contributed by atoms with Crippen molar-refractivity contribution in [3.05, 3.63) is 34.9 Å². The molecule has 1 aromatic rings. The second-order valence-electron chi connectivity index (χ2n) is 2.71. The molecule has 0 saturated heterocycles. The van der Waals surface area contributed by atoms with Gasteiger partial charge in [0, 0.05) is 5.56 Å². The largest absolute Gasteiger partial charge is 0.333 e. The van der Waals surface area contributed by atoms with Crippen molar-refractivity contribution in [2.75, 3.05) is 0 Å². The highest BCUT2D eigenvalue weighted by Crippen LogP contribution is 2.19. The van der Waals surface area contributed by atoms with Gasteiger partial charge in [0.25, 0.3) is 0 Å². The summed E-state index contributed by atoms with van der Waals surface area (Å²) in [5.41, 5.74) is -0.801. The molecule has 9 heteroatoms. The molecule has 16 heavy (non-hydrogen) atoms. The smallest absolute Gasteiger partial charge is 0.253 e. The fourth-order valence-electron chi connectivity index (χ4n) is 0.872. The van der Waals surface area contributed by atoms with Gasteiger partial charge in [-0.3, -0.25) is 4.18 Å². The summed E-state index contributed by atoms with van der Waals surface area (Å²) in [6.45, 7) is -1.03. The maximum Gasteiger partial charge on any atom is 0.333 e. The van der Waals surface area contributed by atoms with Crippen molar-refractivity contribution < 1.29 is 30.2 Å². The van der Waals surface area contributed by atoms with E-state index in [-0.39, 0.29) is 6.07 Å². The second kappa shape index (κ2) is 4.36. The molecule has 0 aliphatic rings. The van der Waals surface area contributed by atoms with Crippen LogP contribution in [0.5, 0.6) is 0 Å². The van der Waals surface area contributed by atoms with Gasteiger partial charge in [-0.15, -0.1) is 0 Å². The Labute approximate surface area is 87.9 Å².